The minimum Gasteiger partial charge on any atom is -0.268 e. The molecule has 5 nitrogen and oxygen atoms in total. The summed E-state index contributed by atoms with van der Waals surface area (Å²) in [4.78, 5) is 25.6. The first-order valence-electron chi connectivity index (χ1n) is 5.26. The zero-order valence-electron chi connectivity index (χ0n) is 9.42. The van der Waals surface area contributed by atoms with E-state index in [0.29, 0.717) is 21.4 Å². The summed E-state index contributed by atoms with van der Waals surface area (Å²) >= 11 is 3.30. The molecule has 2 aromatic rings. The summed E-state index contributed by atoms with van der Waals surface area (Å²) in [7, 11) is 1.68. The Kier molecular flexibility index (Phi) is 2.34. The van der Waals surface area contributed by atoms with Crippen molar-refractivity contribution >= 4 is 33.6 Å². The number of anilines is 1. The predicted octanol–water partition coefficient (Wildman–Crippen LogP) is 1.98. The number of halogens is 1. The molecule has 0 saturated carbocycles. The van der Waals surface area contributed by atoms with Crippen LogP contribution in [0.2, 0.25) is 0 Å². The Bertz CT molecular complexity index is 623. The Labute approximate surface area is 111 Å². The van der Waals surface area contributed by atoms with E-state index in [1.165, 1.54) is 4.68 Å². The van der Waals surface area contributed by atoms with Crippen LogP contribution in [0.15, 0.2) is 34.9 Å². The third-order valence-electron chi connectivity index (χ3n) is 2.87. The summed E-state index contributed by atoms with van der Waals surface area (Å²) in [6.07, 6.45) is 1.55. The van der Waals surface area contributed by atoms with Crippen molar-refractivity contribution in [3.8, 4) is 0 Å². The molecule has 1 aliphatic rings. The molecule has 0 N–H and O–H groups in total. The lowest BCUT2D eigenvalue weighted by molar-refractivity contribution is 0.0923. The van der Waals surface area contributed by atoms with Crippen LogP contribution in [0.5, 0.6) is 0 Å². The van der Waals surface area contributed by atoms with Gasteiger partial charge in [0.15, 0.2) is 5.82 Å². The topological polar surface area (TPSA) is 55.2 Å². The number of hydrogen-bond acceptors (Lipinski definition) is 3. The number of imide groups is 1. The van der Waals surface area contributed by atoms with Crippen molar-refractivity contribution in [3.63, 3.8) is 0 Å². The third kappa shape index (κ3) is 1.35. The van der Waals surface area contributed by atoms with Crippen molar-refractivity contribution in [3.05, 3.63) is 46.1 Å². The number of carbonyl (C=O) groups excluding carboxylic acids is 2. The molecule has 0 bridgehead atoms. The fraction of sp³-hybridized carbons (Fsp3) is 0.0833. The highest BCUT2D eigenvalue weighted by molar-refractivity contribution is 9.10. The van der Waals surface area contributed by atoms with Crippen molar-refractivity contribution in [2.45, 2.75) is 0 Å². The predicted molar refractivity (Wildman–Crippen MR) is 68.5 cm³/mol. The summed E-state index contributed by atoms with van der Waals surface area (Å²) in [5.41, 5.74) is 0.853. The average molecular weight is 306 g/mol. The summed E-state index contributed by atoms with van der Waals surface area (Å²) in [5.74, 6) is -0.194. The van der Waals surface area contributed by atoms with Crippen LogP contribution in [-0.2, 0) is 7.05 Å². The van der Waals surface area contributed by atoms with Crippen LogP contribution in [-0.4, -0.2) is 21.6 Å². The van der Waals surface area contributed by atoms with Crippen LogP contribution < -0.4 is 4.90 Å². The highest BCUT2D eigenvalue weighted by atomic mass is 79.9. The maximum absolute atomic E-state index is 12.3. The standard InChI is InChI=1S/C12H8BrN3O2/c1-15-10(9(13)6-14-15)16-11(17)7-4-2-3-5-8(7)12(16)18/h2-6H,1H3. The van der Waals surface area contributed by atoms with Gasteiger partial charge in [-0.25, -0.2) is 4.90 Å². The van der Waals surface area contributed by atoms with E-state index >= 15 is 0 Å². The van der Waals surface area contributed by atoms with Gasteiger partial charge < -0.3 is 0 Å². The lowest BCUT2D eigenvalue weighted by Gasteiger charge is -2.14. The molecule has 0 atom stereocenters. The van der Waals surface area contributed by atoms with Crippen molar-refractivity contribution < 1.29 is 9.59 Å². The Morgan fingerprint density at radius 1 is 1.11 bits per heavy atom. The minimum absolute atomic E-state index is 0.320. The summed E-state index contributed by atoms with van der Waals surface area (Å²) in [5, 5.41) is 4.02. The van der Waals surface area contributed by atoms with Gasteiger partial charge in [-0.05, 0) is 28.1 Å². The normalized spacial score (nSPS) is 14.2. The molecule has 0 spiro atoms. The Hall–Kier alpha value is -1.95. The van der Waals surface area contributed by atoms with Gasteiger partial charge in [0.05, 0.1) is 21.8 Å². The highest BCUT2D eigenvalue weighted by Crippen LogP contribution is 2.32. The quantitative estimate of drug-likeness (QED) is 0.757. The molecule has 1 aromatic carbocycles. The van der Waals surface area contributed by atoms with Crippen molar-refractivity contribution in [2.24, 2.45) is 7.05 Å². The van der Waals surface area contributed by atoms with Gasteiger partial charge in [-0.15, -0.1) is 0 Å². The van der Waals surface area contributed by atoms with E-state index in [4.69, 9.17) is 0 Å². The van der Waals surface area contributed by atoms with E-state index in [0.717, 1.165) is 4.90 Å². The summed E-state index contributed by atoms with van der Waals surface area (Å²) in [6, 6.07) is 6.79. The Morgan fingerprint density at radius 2 is 1.67 bits per heavy atom. The van der Waals surface area contributed by atoms with Crippen LogP contribution in [0.4, 0.5) is 5.82 Å². The molecular formula is C12H8BrN3O2. The first-order valence-corrected chi connectivity index (χ1v) is 6.06. The van der Waals surface area contributed by atoms with Crippen LogP contribution in [0.1, 0.15) is 20.7 Å². The van der Waals surface area contributed by atoms with Gasteiger partial charge in [-0.3, -0.25) is 14.3 Å². The van der Waals surface area contributed by atoms with Crippen molar-refractivity contribution in [1.82, 2.24) is 9.78 Å². The van der Waals surface area contributed by atoms with Gasteiger partial charge in [0.2, 0.25) is 0 Å². The van der Waals surface area contributed by atoms with Crippen LogP contribution in [0.25, 0.3) is 0 Å². The summed E-state index contributed by atoms with van der Waals surface area (Å²) in [6.45, 7) is 0. The number of hydrogen-bond donors (Lipinski definition) is 0. The van der Waals surface area contributed by atoms with Crippen LogP contribution in [0.3, 0.4) is 0 Å². The number of benzene rings is 1. The molecule has 0 aliphatic carbocycles. The fourth-order valence-corrected chi connectivity index (χ4v) is 2.56. The zero-order valence-corrected chi connectivity index (χ0v) is 11.0. The van der Waals surface area contributed by atoms with Gasteiger partial charge in [-0.2, -0.15) is 5.10 Å². The Morgan fingerprint density at radius 3 is 2.11 bits per heavy atom. The molecule has 2 heterocycles. The lowest BCUT2D eigenvalue weighted by Crippen LogP contribution is -2.31. The largest absolute Gasteiger partial charge is 0.268 e. The number of carbonyl (C=O) groups is 2. The molecule has 0 radical (unpaired) electrons. The van der Waals surface area contributed by atoms with E-state index in [2.05, 4.69) is 21.0 Å². The maximum atomic E-state index is 12.3. The van der Waals surface area contributed by atoms with E-state index < -0.39 is 0 Å². The van der Waals surface area contributed by atoms with E-state index in [1.807, 2.05) is 0 Å². The van der Waals surface area contributed by atoms with Gasteiger partial charge in [-0.1, -0.05) is 12.1 Å². The second kappa shape index (κ2) is 3.78. The van der Waals surface area contributed by atoms with Crippen LogP contribution in [0, 0.1) is 0 Å². The molecular weight excluding hydrogens is 298 g/mol. The lowest BCUT2D eigenvalue weighted by atomic mass is 10.1. The van der Waals surface area contributed by atoms with E-state index in [-0.39, 0.29) is 11.8 Å². The average Bonchev–Trinajstić information content (AvgIpc) is 2.81. The third-order valence-corrected chi connectivity index (χ3v) is 3.43. The number of nitrogens with zero attached hydrogens (tertiary/aromatic N) is 3. The first kappa shape index (κ1) is 11.2. The van der Waals surface area contributed by atoms with E-state index in [1.54, 1.807) is 37.5 Å². The number of rotatable bonds is 1. The molecule has 1 aromatic heterocycles. The minimum atomic E-state index is -0.320. The smallest absolute Gasteiger partial charge is 0.267 e. The SMILES string of the molecule is Cn1ncc(Br)c1N1C(=O)c2ccccc2C1=O. The molecule has 18 heavy (non-hydrogen) atoms. The molecule has 2 amide bonds. The number of amides is 2. The van der Waals surface area contributed by atoms with Gasteiger partial charge in [0.25, 0.3) is 11.8 Å². The molecule has 0 unspecified atom stereocenters. The second-order valence-electron chi connectivity index (χ2n) is 3.93. The second-order valence-corrected chi connectivity index (χ2v) is 4.79. The number of aryl methyl sites for hydroxylation is 1. The monoisotopic (exact) mass is 305 g/mol. The molecule has 3 rings (SSSR count). The van der Waals surface area contributed by atoms with Gasteiger partial charge in [0, 0.05) is 7.05 Å². The molecule has 6 heteroatoms. The van der Waals surface area contributed by atoms with Gasteiger partial charge >= 0.3 is 0 Å². The van der Waals surface area contributed by atoms with Gasteiger partial charge in [0.1, 0.15) is 0 Å². The molecule has 0 fully saturated rings. The van der Waals surface area contributed by atoms with Crippen molar-refractivity contribution in [2.75, 3.05) is 4.90 Å². The highest BCUT2D eigenvalue weighted by Gasteiger charge is 2.38. The first-order chi connectivity index (χ1) is 8.61. The number of fused-ring (bicyclic) bond motifs is 1. The van der Waals surface area contributed by atoms with E-state index in [9.17, 15) is 9.59 Å². The summed E-state index contributed by atoms with van der Waals surface area (Å²) < 4.78 is 2.10. The molecule has 0 saturated heterocycles. The van der Waals surface area contributed by atoms with Crippen LogP contribution >= 0.6 is 15.9 Å². The maximum Gasteiger partial charge on any atom is 0.267 e. The molecule has 90 valence electrons. The fourth-order valence-electron chi connectivity index (χ4n) is 2.04. The Balaban J connectivity index is 2.19. The number of aromatic nitrogens is 2. The van der Waals surface area contributed by atoms with Crippen molar-refractivity contribution in [1.29, 1.82) is 0 Å². The molecule has 1 aliphatic heterocycles. The zero-order chi connectivity index (χ0) is 12.9.